The summed E-state index contributed by atoms with van der Waals surface area (Å²) in [5.41, 5.74) is 8.19. The van der Waals surface area contributed by atoms with Crippen molar-refractivity contribution in [1.82, 2.24) is 10.1 Å². The van der Waals surface area contributed by atoms with Crippen LogP contribution in [-0.2, 0) is 11.2 Å². The molecule has 2 aromatic rings. The Bertz CT molecular complexity index is 493. The van der Waals surface area contributed by atoms with Gasteiger partial charge in [-0.15, -0.1) is 0 Å². The van der Waals surface area contributed by atoms with E-state index in [1.807, 2.05) is 12.1 Å². The predicted octanol–water partition coefficient (Wildman–Crippen LogP) is 1.62. The van der Waals surface area contributed by atoms with Gasteiger partial charge < -0.3 is 15.0 Å². The van der Waals surface area contributed by atoms with Crippen LogP contribution in [-0.4, -0.2) is 23.9 Å². The Kier molecular flexibility index (Phi) is 4.07. The monoisotopic (exact) mass is 247 g/mol. The number of aromatic nitrogens is 2. The summed E-state index contributed by atoms with van der Waals surface area (Å²) in [6.07, 6.45) is 0.618. The summed E-state index contributed by atoms with van der Waals surface area (Å²) in [6, 6.07) is 7.88. The highest BCUT2D eigenvalue weighted by Crippen LogP contribution is 2.11. The molecule has 2 N–H and O–H groups in total. The topological polar surface area (TPSA) is 74.2 Å². The minimum Gasteiger partial charge on any atom is -0.383 e. The van der Waals surface area contributed by atoms with Gasteiger partial charge in [0, 0.05) is 7.11 Å². The standard InChI is InChI=1S/C13H17N3O2/c1-9-3-5-10(6-4-9)7-12-15-13(16-18-12)11(14)8-17-2/h3-6,11H,7-8,14H2,1-2H3. The first-order chi connectivity index (χ1) is 8.69. The third-order valence-electron chi connectivity index (χ3n) is 2.64. The van der Waals surface area contributed by atoms with Crippen LogP contribution < -0.4 is 5.73 Å². The van der Waals surface area contributed by atoms with Gasteiger partial charge in [0.2, 0.25) is 5.89 Å². The molecule has 18 heavy (non-hydrogen) atoms. The number of aryl methyl sites for hydroxylation is 1. The minimum atomic E-state index is -0.342. The normalized spacial score (nSPS) is 12.6. The Hall–Kier alpha value is -1.72. The SMILES string of the molecule is COCC(N)c1noc(Cc2ccc(C)cc2)n1. The largest absolute Gasteiger partial charge is 0.383 e. The number of rotatable bonds is 5. The molecule has 0 saturated carbocycles. The van der Waals surface area contributed by atoms with Gasteiger partial charge >= 0.3 is 0 Å². The van der Waals surface area contributed by atoms with E-state index in [1.54, 1.807) is 7.11 Å². The maximum absolute atomic E-state index is 5.82. The maximum Gasteiger partial charge on any atom is 0.231 e. The van der Waals surface area contributed by atoms with Gasteiger partial charge in [-0.25, -0.2) is 0 Å². The van der Waals surface area contributed by atoms with Crippen LogP contribution in [0, 0.1) is 6.92 Å². The van der Waals surface area contributed by atoms with Crippen LogP contribution in [0.5, 0.6) is 0 Å². The van der Waals surface area contributed by atoms with Crippen molar-refractivity contribution in [3.8, 4) is 0 Å². The van der Waals surface area contributed by atoms with Crippen LogP contribution >= 0.6 is 0 Å². The Morgan fingerprint density at radius 1 is 1.33 bits per heavy atom. The van der Waals surface area contributed by atoms with E-state index in [0.29, 0.717) is 24.7 Å². The molecule has 0 aliphatic rings. The van der Waals surface area contributed by atoms with Crippen molar-refractivity contribution in [1.29, 1.82) is 0 Å². The average molecular weight is 247 g/mol. The first-order valence-corrected chi connectivity index (χ1v) is 5.81. The number of ether oxygens (including phenoxy) is 1. The molecule has 0 spiro atoms. The van der Waals surface area contributed by atoms with Gasteiger partial charge in [0.15, 0.2) is 5.82 Å². The second-order valence-electron chi connectivity index (χ2n) is 4.27. The molecule has 1 atom stereocenters. The highest BCUT2D eigenvalue weighted by molar-refractivity contribution is 5.23. The minimum absolute atomic E-state index is 0.342. The molecule has 1 aromatic carbocycles. The summed E-state index contributed by atoms with van der Waals surface area (Å²) in [6.45, 7) is 2.43. The molecule has 1 heterocycles. The van der Waals surface area contributed by atoms with Crippen molar-refractivity contribution in [2.75, 3.05) is 13.7 Å². The number of hydrogen-bond acceptors (Lipinski definition) is 5. The van der Waals surface area contributed by atoms with E-state index in [1.165, 1.54) is 5.56 Å². The maximum atomic E-state index is 5.82. The number of nitrogens with two attached hydrogens (primary N) is 1. The number of hydrogen-bond donors (Lipinski definition) is 1. The molecule has 0 bridgehead atoms. The van der Waals surface area contributed by atoms with Crippen molar-refractivity contribution in [3.05, 3.63) is 47.1 Å². The van der Waals surface area contributed by atoms with E-state index < -0.39 is 0 Å². The van der Waals surface area contributed by atoms with Gasteiger partial charge in [0.1, 0.15) is 0 Å². The average Bonchev–Trinajstić information content (AvgIpc) is 2.81. The molecule has 1 aromatic heterocycles. The Morgan fingerprint density at radius 2 is 2.06 bits per heavy atom. The molecule has 0 aliphatic heterocycles. The molecule has 5 nitrogen and oxygen atoms in total. The quantitative estimate of drug-likeness (QED) is 0.869. The van der Waals surface area contributed by atoms with Crippen LogP contribution in [0.25, 0.3) is 0 Å². The van der Waals surface area contributed by atoms with E-state index in [4.69, 9.17) is 15.0 Å². The third kappa shape index (κ3) is 3.15. The molecule has 5 heteroatoms. The summed E-state index contributed by atoms with van der Waals surface area (Å²) < 4.78 is 10.1. The summed E-state index contributed by atoms with van der Waals surface area (Å²) in [7, 11) is 1.59. The third-order valence-corrected chi connectivity index (χ3v) is 2.64. The number of benzene rings is 1. The summed E-state index contributed by atoms with van der Waals surface area (Å²) in [4.78, 5) is 4.26. The summed E-state index contributed by atoms with van der Waals surface area (Å²) in [5.74, 6) is 1.05. The first kappa shape index (κ1) is 12.7. The highest BCUT2D eigenvalue weighted by Gasteiger charge is 2.14. The highest BCUT2D eigenvalue weighted by atomic mass is 16.5. The lowest BCUT2D eigenvalue weighted by Crippen LogP contribution is -2.17. The Morgan fingerprint density at radius 3 is 2.72 bits per heavy atom. The molecule has 0 saturated heterocycles. The van der Waals surface area contributed by atoms with Crippen LogP contribution in [0.4, 0.5) is 0 Å². The molecule has 2 rings (SSSR count). The summed E-state index contributed by atoms with van der Waals surface area (Å²) in [5, 5.41) is 3.86. The van der Waals surface area contributed by atoms with E-state index >= 15 is 0 Å². The smallest absolute Gasteiger partial charge is 0.231 e. The zero-order chi connectivity index (χ0) is 13.0. The second kappa shape index (κ2) is 5.75. The van der Waals surface area contributed by atoms with Crippen molar-refractivity contribution in [2.24, 2.45) is 5.73 Å². The lowest BCUT2D eigenvalue weighted by atomic mass is 10.1. The van der Waals surface area contributed by atoms with Gasteiger partial charge in [-0.1, -0.05) is 35.0 Å². The van der Waals surface area contributed by atoms with Crippen LogP contribution in [0.1, 0.15) is 28.9 Å². The molecule has 1 unspecified atom stereocenters. The van der Waals surface area contributed by atoms with Crippen molar-refractivity contribution >= 4 is 0 Å². The molecule has 0 aliphatic carbocycles. The molecule has 0 amide bonds. The zero-order valence-corrected chi connectivity index (χ0v) is 10.6. The fourth-order valence-electron chi connectivity index (χ4n) is 1.63. The Labute approximate surface area is 106 Å². The fraction of sp³-hybridized carbons (Fsp3) is 0.385. The van der Waals surface area contributed by atoms with Crippen LogP contribution in [0.15, 0.2) is 28.8 Å². The first-order valence-electron chi connectivity index (χ1n) is 5.81. The van der Waals surface area contributed by atoms with E-state index in [9.17, 15) is 0 Å². The van der Waals surface area contributed by atoms with Crippen molar-refractivity contribution in [2.45, 2.75) is 19.4 Å². The molecular weight excluding hydrogens is 230 g/mol. The van der Waals surface area contributed by atoms with E-state index in [-0.39, 0.29) is 6.04 Å². The van der Waals surface area contributed by atoms with Gasteiger partial charge in [-0.3, -0.25) is 0 Å². The van der Waals surface area contributed by atoms with Gasteiger partial charge in [0.05, 0.1) is 19.1 Å². The molecule has 0 fully saturated rings. The van der Waals surface area contributed by atoms with Crippen LogP contribution in [0.3, 0.4) is 0 Å². The molecule has 0 radical (unpaired) electrons. The predicted molar refractivity (Wildman–Crippen MR) is 67.1 cm³/mol. The van der Waals surface area contributed by atoms with E-state index in [0.717, 1.165) is 5.56 Å². The van der Waals surface area contributed by atoms with E-state index in [2.05, 4.69) is 29.2 Å². The number of methoxy groups -OCH3 is 1. The number of nitrogens with zero attached hydrogens (tertiary/aromatic N) is 2. The van der Waals surface area contributed by atoms with Crippen molar-refractivity contribution in [3.63, 3.8) is 0 Å². The summed E-state index contributed by atoms with van der Waals surface area (Å²) >= 11 is 0. The van der Waals surface area contributed by atoms with Crippen molar-refractivity contribution < 1.29 is 9.26 Å². The second-order valence-corrected chi connectivity index (χ2v) is 4.27. The van der Waals surface area contributed by atoms with Crippen LogP contribution in [0.2, 0.25) is 0 Å². The van der Waals surface area contributed by atoms with Gasteiger partial charge in [-0.2, -0.15) is 4.98 Å². The zero-order valence-electron chi connectivity index (χ0n) is 10.6. The molecular formula is C13H17N3O2. The lowest BCUT2D eigenvalue weighted by molar-refractivity contribution is 0.177. The fourth-order valence-corrected chi connectivity index (χ4v) is 1.63. The van der Waals surface area contributed by atoms with Gasteiger partial charge in [-0.05, 0) is 12.5 Å². The van der Waals surface area contributed by atoms with Gasteiger partial charge in [0.25, 0.3) is 0 Å². The Balaban J connectivity index is 2.04. The lowest BCUT2D eigenvalue weighted by Gasteiger charge is -2.03. The molecule has 96 valence electrons.